The molecule has 0 aliphatic carbocycles. The lowest BCUT2D eigenvalue weighted by molar-refractivity contribution is -0.131. The smallest absolute Gasteiger partial charge is 0.377 e. The molecular formula is C22H24O7. The van der Waals surface area contributed by atoms with E-state index in [1.807, 2.05) is 6.92 Å². The van der Waals surface area contributed by atoms with Gasteiger partial charge in [-0.25, -0.2) is 9.59 Å². The fourth-order valence-electron chi connectivity index (χ4n) is 2.92. The Balaban J connectivity index is 1.98. The van der Waals surface area contributed by atoms with E-state index in [-0.39, 0.29) is 16.9 Å². The Morgan fingerprint density at radius 1 is 1.00 bits per heavy atom. The van der Waals surface area contributed by atoms with E-state index in [2.05, 4.69) is 4.74 Å². The van der Waals surface area contributed by atoms with Crippen molar-refractivity contribution in [2.45, 2.75) is 32.6 Å². The SMILES string of the molecule is CCCc1c(OCCCc2ccc(C(=O)C(=O)O)cc2)ccc(C(=O)OC)c1O. The minimum absolute atomic E-state index is 0.110. The lowest BCUT2D eigenvalue weighted by atomic mass is 10.0. The molecule has 0 fully saturated rings. The number of ether oxygens (including phenoxy) is 2. The number of hydrogen-bond donors (Lipinski definition) is 2. The van der Waals surface area contributed by atoms with E-state index in [1.165, 1.54) is 25.3 Å². The highest BCUT2D eigenvalue weighted by Gasteiger charge is 2.18. The number of carboxylic acids is 1. The Hall–Kier alpha value is -3.35. The quantitative estimate of drug-likeness (QED) is 0.272. The van der Waals surface area contributed by atoms with Crippen molar-refractivity contribution in [2.75, 3.05) is 13.7 Å². The third-order valence-electron chi connectivity index (χ3n) is 4.42. The molecule has 0 aliphatic rings. The molecule has 0 aromatic heterocycles. The first kappa shape index (κ1) is 21.9. The molecule has 0 spiro atoms. The maximum atomic E-state index is 11.7. The standard InChI is InChI=1S/C22H24O7/c1-3-5-16-18(12-11-17(20(16)24)22(27)28-2)29-13-4-6-14-7-9-15(10-8-14)19(23)21(25)26/h7-12,24H,3-6,13H2,1-2H3,(H,25,26). The van der Waals surface area contributed by atoms with Crippen LogP contribution in [0.15, 0.2) is 36.4 Å². The summed E-state index contributed by atoms with van der Waals surface area (Å²) in [5.41, 5.74) is 1.78. The zero-order valence-electron chi connectivity index (χ0n) is 16.4. The van der Waals surface area contributed by atoms with Gasteiger partial charge in [-0.05, 0) is 37.0 Å². The summed E-state index contributed by atoms with van der Waals surface area (Å²) in [7, 11) is 1.26. The molecule has 2 rings (SSSR count). The normalized spacial score (nSPS) is 10.4. The van der Waals surface area contributed by atoms with Crippen molar-refractivity contribution < 1.29 is 34.1 Å². The van der Waals surface area contributed by atoms with E-state index in [4.69, 9.17) is 9.84 Å². The first-order chi connectivity index (χ1) is 13.9. The van der Waals surface area contributed by atoms with Crippen LogP contribution < -0.4 is 4.74 Å². The van der Waals surface area contributed by atoms with Gasteiger partial charge in [-0.2, -0.15) is 0 Å². The Morgan fingerprint density at radius 2 is 1.69 bits per heavy atom. The number of esters is 1. The van der Waals surface area contributed by atoms with Crippen LogP contribution in [0.4, 0.5) is 0 Å². The highest BCUT2D eigenvalue weighted by atomic mass is 16.5. The highest BCUT2D eigenvalue weighted by molar-refractivity contribution is 6.39. The molecule has 0 saturated heterocycles. The van der Waals surface area contributed by atoms with Crippen molar-refractivity contribution in [2.24, 2.45) is 0 Å². The fourth-order valence-corrected chi connectivity index (χ4v) is 2.92. The lowest BCUT2D eigenvalue weighted by Crippen LogP contribution is -2.12. The molecule has 0 radical (unpaired) electrons. The minimum atomic E-state index is -1.48. The van der Waals surface area contributed by atoms with Crippen LogP contribution in [0.3, 0.4) is 0 Å². The molecule has 0 atom stereocenters. The maximum absolute atomic E-state index is 11.7. The predicted molar refractivity (Wildman–Crippen MR) is 106 cm³/mol. The van der Waals surface area contributed by atoms with Gasteiger partial charge in [0.15, 0.2) is 0 Å². The second-order valence-electron chi connectivity index (χ2n) is 6.46. The molecule has 2 N–H and O–H groups in total. The molecule has 7 heteroatoms. The summed E-state index contributed by atoms with van der Waals surface area (Å²) in [5, 5.41) is 19.1. The number of hydrogen-bond acceptors (Lipinski definition) is 6. The first-order valence-corrected chi connectivity index (χ1v) is 9.31. The van der Waals surface area contributed by atoms with Crippen LogP contribution in [-0.2, 0) is 22.4 Å². The first-order valence-electron chi connectivity index (χ1n) is 9.31. The van der Waals surface area contributed by atoms with Crippen molar-refractivity contribution in [3.63, 3.8) is 0 Å². The van der Waals surface area contributed by atoms with Gasteiger partial charge in [0.2, 0.25) is 0 Å². The van der Waals surface area contributed by atoms with E-state index < -0.39 is 17.7 Å². The van der Waals surface area contributed by atoms with Gasteiger partial charge in [0.05, 0.1) is 13.7 Å². The van der Waals surface area contributed by atoms with Crippen molar-refractivity contribution in [3.05, 3.63) is 58.7 Å². The molecule has 7 nitrogen and oxygen atoms in total. The zero-order chi connectivity index (χ0) is 21.4. The minimum Gasteiger partial charge on any atom is -0.507 e. The molecule has 2 aromatic rings. The number of carboxylic acid groups (broad SMARTS) is 1. The van der Waals surface area contributed by atoms with Crippen molar-refractivity contribution in [3.8, 4) is 11.5 Å². The van der Waals surface area contributed by atoms with Gasteiger partial charge in [-0.3, -0.25) is 4.79 Å². The Kier molecular flexibility index (Phi) is 7.77. The summed E-state index contributed by atoms with van der Waals surface area (Å²) >= 11 is 0. The molecule has 0 aliphatic heterocycles. The van der Waals surface area contributed by atoms with Crippen molar-refractivity contribution in [1.29, 1.82) is 0 Å². The van der Waals surface area contributed by atoms with E-state index in [0.29, 0.717) is 37.2 Å². The summed E-state index contributed by atoms with van der Waals surface area (Å²) in [6, 6.07) is 9.56. The van der Waals surface area contributed by atoms with Gasteiger partial charge in [0.25, 0.3) is 5.78 Å². The number of phenolic OH excluding ortho intramolecular Hbond substituents is 1. The Morgan fingerprint density at radius 3 is 2.28 bits per heavy atom. The summed E-state index contributed by atoms with van der Waals surface area (Å²) in [6.07, 6.45) is 2.69. The van der Waals surface area contributed by atoms with E-state index in [1.54, 1.807) is 18.2 Å². The van der Waals surface area contributed by atoms with Crippen LogP contribution in [0.1, 0.15) is 51.6 Å². The number of phenols is 1. The van der Waals surface area contributed by atoms with Crippen molar-refractivity contribution >= 4 is 17.7 Å². The number of carbonyl (C=O) groups is 3. The monoisotopic (exact) mass is 400 g/mol. The molecule has 0 unspecified atom stereocenters. The zero-order valence-corrected chi connectivity index (χ0v) is 16.4. The third-order valence-corrected chi connectivity index (χ3v) is 4.42. The summed E-state index contributed by atoms with van der Waals surface area (Å²) in [4.78, 5) is 33.8. The lowest BCUT2D eigenvalue weighted by Gasteiger charge is -2.15. The van der Waals surface area contributed by atoms with E-state index in [0.717, 1.165) is 12.0 Å². The van der Waals surface area contributed by atoms with Gasteiger partial charge < -0.3 is 19.7 Å². The van der Waals surface area contributed by atoms with Crippen molar-refractivity contribution in [1.82, 2.24) is 0 Å². The fraction of sp³-hybridized carbons (Fsp3) is 0.318. The molecule has 154 valence electrons. The number of Topliss-reactive ketones (excluding diaryl/α,β-unsaturated/α-hetero) is 1. The summed E-state index contributed by atoms with van der Waals surface area (Å²) in [5.74, 6) is -2.60. The van der Waals surface area contributed by atoms with Crippen LogP contribution >= 0.6 is 0 Å². The highest BCUT2D eigenvalue weighted by Crippen LogP contribution is 2.33. The largest absolute Gasteiger partial charge is 0.507 e. The molecule has 0 heterocycles. The molecule has 0 amide bonds. The van der Waals surface area contributed by atoms with Crippen LogP contribution in [0.2, 0.25) is 0 Å². The Labute approximate surface area is 168 Å². The number of ketones is 1. The van der Waals surface area contributed by atoms with Gasteiger partial charge in [0.1, 0.15) is 17.1 Å². The molecule has 2 aromatic carbocycles. The van der Waals surface area contributed by atoms with Gasteiger partial charge >= 0.3 is 11.9 Å². The average Bonchev–Trinajstić information content (AvgIpc) is 2.72. The second-order valence-corrected chi connectivity index (χ2v) is 6.46. The molecular weight excluding hydrogens is 376 g/mol. The second kappa shape index (κ2) is 10.3. The van der Waals surface area contributed by atoms with Gasteiger partial charge in [-0.15, -0.1) is 0 Å². The molecule has 0 saturated carbocycles. The van der Waals surface area contributed by atoms with E-state index in [9.17, 15) is 19.5 Å². The van der Waals surface area contributed by atoms with Crippen LogP contribution in [0, 0.1) is 0 Å². The third kappa shape index (κ3) is 5.57. The van der Waals surface area contributed by atoms with Crippen LogP contribution in [0.5, 0.6) is 11.5 Å². The topological polar surface area (TPSA) is 110 Å². The van der Waals surface area contributed by atoms with Gasteiger partial charge in [-0.1, -0.05) is 37.6 Å². The summed E-state index contributed by atoms with van der Waals surface area (Å²) < 4.78 is 10.5. The predicted octanol–water partition coefficient (Wildman–Crippen LogP) is 3.41. The average molecular weight is 400 g/mol. The maximum Gasteiger partial charge on any atom is 0.377 e. The number of carbonyl (C=O) groups excluding carboxylic acids is 2. The number of aromatic hydroxyl groups is 1. The van der Waals surface area contributed by atoms with E-state index >= 15 is 0 Å². The van der Waals surface area contributed by atoms with Gasteiger partial charge in [0, 0.05) is 11.1 Å². The molecule has 0 bridgehead atoms. The van der Waals surface area contributed by atoms with Crippen LogP contribution in [-0.4, -0.2) is 41.7 Å². The number of benzene rings is 2. The summed E-state index contributed by atoms with van der Waals surface area (Å²) in [6.45, 7) is 2.36. The number of aryl methyl sites for hydroxylation is 1. The Bertz CT molecular complexity index is 885. The number of aliphatic carboxylic acids is 1. The van der Waals surface area contributed by atoms with Crippen LogP contribution in [0.25, 0.3) is 0 Å². The molecule has 29 heavy (non-hydrogen) atoms. The number of rotatable bonds is 10. The number of methoxy groups -OCH3 is 1.